The summed E-state index contributed by atoms with van der Waals surface area (Å²) in [6.07, 6.45) is 2.91. The monoisotopic (exact) mass is 295 g/mol. The summed E-state index contributed by atoms with van der Waals surface area (Å²) in [5.74, 6) is 0.00508. The lowest BCUT2D eigenvalue weighted by Crippen LogP contribution is -2.03. The van der Waals surface area contributed by atoms with E-state index in [0.29, 0.717) is 23.5 Å². The van der Waals surface area contributed by atoms with Gasteiger partial charge in [-0.2, -0.15) is 0 Å². The van der Waals surface area contributed by atoms with Gasteiger partial charge in [-0.3, -0.25) is 4.98 Å². The minimum absolute atomic E-state index is 0.0834. The van der Waals surface area contributed by atoms with E-state index in [9.17, 15) is 9.50 Å². The Labute approximate surface area is 122 Å². The maximum Gasteiger partial charge on any atom is 0.142 e. The summed E-state index contributed by atoms with van der Waals surface area (Å²) in [5.41, 5.74) is 0.812. The van der Waals surface area contributed by atoms with Crippen molar-refractivity contribution in [3.8, 4) is 5.75 Å². The largest absolute Gasteiger partial charge is 0.492 e. The number of aliphatic hydroxyl groups is 1. The molecule has 2 rings (SSSR count). The van der Waals surface area contributed by atoms with Gasteiger partial charge in [-0.25, -0.2) is 4.39 Å². The van der Waals surface area contributed by atoms with Crippen molar-refractivity contribution >= 4 is 11.6 Å². The quantitative estimate of drug-likeness (QED) is 0.913. The van der Waals surface area contributed by atoms with E-state index in [1.807, 2.05) is 6.92 Å². The third-order valence-corrected chi connectivity index (χ3v) is 3.20. The Bertz CT molecular complexity index is 592. The third kappa shape index (κ3) is 3.26. The Morgan fingerprint density at radius 3 is 2.95 bits per heavy atom. The van der Waals surface area contributed by atoms with Crippen LogP contribution >= 0.6 is 11.6 Å². The molecule has 0 saturated heterocycles. The van der Waals surface area contributed by atoms with Crippen molar-refractivity contribution in [3.63, 3.8) is 0 Å². The number of rotatable bonds is 5. The predicted molar refractivity (Wildman–Crippen MR) is 75.5 cm³/mol. The molecule has 0 aliphatic rings. The van der Waals surface area contributed by atoms with Crippen LogP contribution in [0.5, 0.6) is 5.75 Å². The van der Waals surface area contributed by atoms with Crippen molar-refractivity contribution < 1.29 is 14.2 Å². The average Bonchev–Trinajstić information content (AvgIpc) is 2.47. The summed E-state index contributed by atoms with van der Waals surface area (Å²) in [6.45, 7) is 2.57. The van der Waals surface area contributed by atoms with E-state index in [1.54, 1.807) is 18.3 Å². The van der Waals surface area contributed by atoms with Crippen molar-refractivity contribution in [3.05, 3.63) is 58.6 Å². The van der Waals surface area contributed by atoms with E-state index in [1.165, 1.54) is 18.3 Å². The molecule has 0 fully saturated rings. The molecule has 1 atom stereocenters. The molecule has 1 aromatic heterocycles. The summed E-state index contributed by atoms with van der Waals surface area (Å²) >= 11 is 5.87. The molecule has 2 aromatic rings. The zero-order valence-corrected chi connectivity index (χ0v) is 11.8. The third-order valence-electron chi connectivity index (χ3n) is 2.80. The van der Waals surface area contributed by atoms with Gasteiger partial charge in [0.25, 0.3) is 0 Å². The molecule has 0 aliphatic heterocycles. The van der Waals surface area contributed by atoms with Crippen molar-refractivity contribution in [2.24, 2.45) is 0 Å². The molecule has 0 spiro atoms. The fraction of sp³-hybridized carbons (Fsp3) is 0.267. The molecule has 1 N–H and O–H groups in total. The number of hydrogen-bond acceptors (Lipinski definition) is 3. The summed E-state index contributed by atoms with van der Waals surface area (Å²) in [5, 5.41) is 10.2. The van der Waals surface area contributed by atoms with E-state index in [2.05, 4.69) is 4.98 Å². The Hall–Kier alpha value is -1.65. The lowest BCUT2D eigenvalue weighted by atomic mass is 10.0. The first-order valence-corrected chi connectivity index (χ1v) is 6.71. The highest BCUT2D eigenvalue weighted by molar-refractivity contribution is 6.31. The molecule has 1 unspecified atom stereocenters. The Kier molecular flexibility index (Phi) is 4.93. The fourth-order valence-electron chi connectivity index (χ4n) is 1.80. The number of benzene rings is 1. The summed E-state index contributed by atoms with van der Waals surface area (Å²) < 4.78 is 18.9. The zero-order valence-electron chi connectivity index (χ0n) is 11.0. The second-order valence-electron chi connectivity index (χ2n) is 4.35. The van der Waals surface area contributed by atoms with E-state index < -0.39 is 11.9 Å². The highest BCUT2D eigenvalue weighted by atomic mass is 35.5. The minimum Gasteiger partial charge on any atom is -0.492 e. The second-order valence-corrected chi connectivity index (χ2v) is 4.73. The molecule has 0 bridgehead atoms. The lowest BCUT2D eigenvalue weighted by Gasteiger charge is -2.14. The van der Waals surface area contributed by atoms with Crippen LogP contribution < -0.4 is 4.74 Å². The Balaban J connectivity index is 2.28. The van der Waals surface area contributed by atoms with Crippen molar-refractivity contribution in [2.75, 3.05) is 6.61 Å². The van der Waals surface area contributed by atoms with Gasteiger partial charge in [0, 0.05) is 17.3 Å². The van der Waals surface area contributed by atoms with Crippen molar-refractivity contribution in [1.82, 2.24) is 4.98 Å². The predicted octanol–water partition coefficient (Wildman–Crippen LogP) is 3.74. The topological polar surface area (TPSA) is 42.4 Å². The highest BCUT2D eigenvalue weighted by Crippen LogP contribution is 2.30. The maximum atomic E-state index is 13.4. The first-order valence-electron chi connectivity index (χ1n) is 6.33. The fourth-order valence-corrected chi connectivity index (χ4v) is 2.02. The van der Waals surface area contributed by atoms with Crippen LogP contribution in [0, 0.1) is 5.82 Å². The van der Waals surface area contributed by atoms with Gasteiger partial charge in [0.05, 0.1) is 17.8 Å². The number of ether oxygens (including phenoxy) is 1. The van der Waals surface area contributed by atoms with E-state index in [-0.39, 0.29) is 5.02 Å². The van der Waals surface area contributed by atoms with Gasteiger partial charge in [-0.15, -0.1) is 0 Å². The number of aliphatic hydroxyl groups excluding tert-OH is 1. The van der Waals surface area contributed by atoms with Gasteiger partial charge in [0.15, 0.2) is 0 Å². The molecule has 1 heterocycles. The van der Waals surface area contributed by atoms with Crippen LogP contribution in [0.25, 0.3) is 0 Å². The number of aromatic nitrogens is 1. The van der Waals surface area contributed by atoms with Crippen molar-refractivity contribution in [2.45, 2.75) is 19.4 Å². The molecule has 1 aromatic carbocycles. The van der Waals surface area contributed by atoms with Crippen LogP contribution in [0.1, 0.15) is 30.6 Å². The van der Waals surface area contributed by atoms with Gasteiger partial charge >= 0.3 is 0 Å². The summed E-state index contributed by atoms with van der Waals surface area (Å²) in [7, 11) is 0. The number of hydrogen-bond donors (Lipinski definition) is 1. The number of halogens is 2. The maximum absolute atomic E-state index is 13.4. The SMILES string of the molecule is CCCOc1cncc(C(O)c2cccc(F)c2Cl)c1. The Morgan fingerprint density at radius 1 is 1.40 bits per heavy atom. The van der Waals surface area contributed by atoms with Crippen LogP contribution in [0.3, 0.4) is 0 Å². The summed E-state index contributed by atoms with van der Waals surface area (Å²) in [4.78, 5) is 4.01. The van der Waals surface area contributed by atoms with Crippen LogP contribution in [-0.2, 0) is 0 Å². The first-order chi connectivity index (χ1) is 9.63. The van der Waals surface area contributed by atoms with Crippen molar-refractivity contribution in [1.29, 1.82) is 0 Å². The molecular formula is C15H15ClFNO2. The first kappa shape index (κ1) is 14.8. The van der Waals surface area contributed by atoms with Crippen LogP contribution in [0.15, 0.2) is 36.7 Å². The molecular weight excluding hydrogens is 281 g/mol. The Morgan fingerprint density at radius 2 is 2.20 bits per heavy atom. The van der Waals surface area contributed by atoms with E-state index in [0.717, 1.165) is 6.42 Å². The van der Waals surface area contributed by atoms with Crippen LogP contribution in [-0.4, -0.2) is 16.7 Å². The average molecular weight is 296 g/mol. The zero-order chi connectivity index (χ0) is 14.5. The number of nitrogens with zero attached hydrogens (tertiary/aromatic N) is 1. The standard InChI is InChI=1S/C15H15ClFNO2/c1-2-6-20-11-7-10(8-18-9-11)15(19)12-4-3-5-13(17)14(12)16/h3-5,7-9,15,19H,2,6H2,1H3. The smallest absolute Gasteiger partial charge is 0.142 e. The molecule has 106 valence electrons. The molecule has 0 saturated carbocycles. The molecule has 0 aliphatic carbocycles. The number of pyridine rings is 1. The van der Waals surface area contributed by atoms with Crippen LogP contribution in [0.4, 0.5) is 4.39 Å². The molecule has 0 radical (unpaired) electrons. The molecule has 0 amide bonds. The van der Waals surface area contributed by atoms with Gasteiger partial charge in [-0.05, 0) is 18.6 Å². The molecule has 20 heavy (non-hydrogen) atoms. The van der Waals surface area contributed by atoms with E-state index >= 15 is 0 Å². The normalized spacial score (nSPS) is 12.2. The highest BCUT2D eigenvalue weighted by Gasteiger charge is 2.17. The molecule has 3 nitrogen and oxygen atoms in total. The van der Waals surface area contributed by atoms with Crippen LogP contribution in [0.2, 0.25) is 5.02 Å². The van der Waals surface area contributed by atoms with Gasteiger partial charge in [-0.1, -0.05) is 30.7 Å². The van der Waals surface area contributed by atoms with E-state index in [4.69, 9.17) is 16.3 Å². The lowest BCUT2D eigenvalue weighted by molar-refractivity contribution is 0.218. The van der Waals surface area contributed by atoms with Gasteiger partial charge < -0.3 is 9.84 Å². The van der Waals surface area contributed by atoms with Gasteiger partial charge in [0.2, 0.25) is 0 Å². The molecule has 5 heteroatoms. The second kappa shape index (κ2) is 6.68. The minimum atomic E-state index is -1.05. The van der Waals surface area contributed by atoms with Gasteiger partial charge in [0.1, 0.15) is 17.7 Å². The summed E-state index contributed by atoms with van der Waals surface area (Å²) in [6, 6.07) is 6.01.